The summed E-state index contributed by atoms with van der Waals surface area (Å²) in [6.07, 6.45) is 22.2. The summed E-state index contributed by atoms with van der Waals surface area (Å²) in [5.41, 5.74) is 0.857. The van der Waals surface area contributed by atoms with Crippen LogP contribution in [0.5, 0.6) is 0 Å². The first kappa shape index (κ1) is 50.2. The second-order valence-electron chi connectivity index (χ2n) is 14.9. The van der Waals surface area contributed by atoms with Gasteiger partial charge in [-0.15, -0.1) is 0 Å². The molecule has 6 nitrogen and oxygen atoms in total. The molecule has 50 heavy (non-hydrogen) atoms. The van der Waals surface area contributed by atoms with Crippen LogP contribution in [-0.4, -0.2) is 73.3 Å². The highest BCUT2D eigenvalue weighted by molar-refractivity contribution is 5.70. The summed E-state index contributed by atoms with van der Waals surface area (Å²) in [6.45, 7) is 30.0. The molecule has 1 aromatic rings. The lowest BCUT2D eigenvalue weighted by Crippen LogP contribution is -2.50. The summed E-state index contributed by atoms with van der Waals surface area (Å²) in [4.78, 5) is 21.0. The van der Waals surface area contributed by atoms with Crippen molar-refractivity contribution >= 4 is 11.9 Å². The van der Waals surface area contributed by atoms with Gasteiger partial charge in [-0.2, -0.15) is 0 Å². The van der Waals surface area contributed by atoms with Crippen molar-refractivity contribution in [3.05, 3.63) is 35.9 Å². The van der Waals surface area contributed by atoms with Crippen molar-refractivity contribution in [2.75, 3.05) is 52.4 Å². The third kappa shape index (κ3) is 26.8. The highest BCUT2D eigenvalue weighted by Crippen LogP contribution is 2.18. The van der Waals surface area contributed by atoms with Crippen molar-refractivity contribution < 1.29 is 28.8 Å². The number of carbonyl (C=O) groups excluding carboxylic acids is 2. The summed E-state index contributed by atoms with van der Waals surface area (Å²) in [6, 6.07) is 9.05. The van der Waals surface area contributed by atoms with Crippen LogP contribution in [-0.2, 0) is 16.0 Å². The molecule has 0 heterocycles. The Kier molecular flexibility index (Phi) is 34.3. The summed E-state index contributed by atoms with van der Waals surface area (Å²) >= 11 is 0. The molecule has 0 bridgehead atoms. The molecule has 294 valence electrons. The fraction of sp³-hybridized carbons (Fsp3) is 0.818. The zero-order valence-corrected chi connectivity index (χ0v) is 34.6. The minimum atomic E-state index is -1.24. The van der Waals surface area contributed by atoms with Crippen molar-refractivity contribution in [1.82, 2.24) is 0 Å². The molecule has 1 unspecified atom stereocenters. The predicted molar refractivity (Wildman–Crippen MR) is 212 cm³/mol. The van der Waals surface area contributed by atoms with Crippen molar-refractivity contribution in [3.63, 3.8) is 0 Å². The van der Waals surface area contributed by atoms with E-state index in [1.807, 2.05) is 6.07 Å². The SMILES string of the molecule is CCCC[N+](CCCC)(CCCC)CCCC.CCCC[N+](CCCC)(CCCC)CCCC.O=C([O-])CCC(Cc1ccccc1)C(=O)[O-]. The first-order valence-corrected chi connectivity index (χ1v) is 21.2. The molecule has 0 aliphatic heterocycles. The van der Waals surface area contributed by atoms with E-state index >= 15 is 0 Å². The molecule has 0 amide bonds. The highest BCUT2D eigenvalue weighted by Gasteiger charge is 2.25. The van der Waals surface area contributed by atoms with Crippen LogP contribution >= 0.6 is 0 Å². The molecule has 0 fully saturated rings. The van der Waals surface area contributed by atoms with E-state index in [-0.39, 0.29) is 19.3 Å². The standard InChI is InChI=1S/2C16H36N.C12H14O4/c2*1-5-9-13-17(14-10-6-2,15-11-7-3)16-12-8-4;13-11(14)7-6-10(12(15)16)8-9-4-2-1-3-5-9/h2*5-16H2,1-4H3;1-5,10H,6-8H2,(H,13,14)(H,15,16)/q2*+1;/p-2. The van der Waals surface area contributed by atoms with E-state index in [1.54, 1.807) is 24.3 Å². The maximum absolute atomic E-state index is 10.8. The maximum Gasteiger partial charge on any atom is 0.0786 e. The second-order valence-corrected chi connectivity index (χ2v) is 14.9. The molecule has 0 aromatic heterocycles. The number of carboxylic acid groups (broad SMARTS) is 2. The molecule has 0 saturated heterocycles. The van der Waals surface area contributed by atoms with Crippen LogP contribution in [0.15, 0.2) is 30.3 Å². The maximum atomic E-state index is 10.8. The summed E-state index contributed by atoms with van der Waals surface area (Å²) in [5, 5.41) is 21.0. The molecule has 6 heteroatoms. The molecule has 0 spiro atoms. The van der Waals surface area contributed by atoms with Crippen molar-refractivity contribution in [1.29, 1.82) is 0 Å². The number of hydrogen-bond donors (Lipinski definition) is 0. The lowest BCUT2D eigenvalue weighted by Gasteiger charge is -2.39. The van der Waals surface area contributed by atoms with Crippen LogP contribution in [0.4, 0.5) is 0 Å². The molecule has 0 aliphatic carbocycles. The summed E-state index contributed by atoms with van der Waals surface area (Å²) < 4.78 is 2.84. The van der Waals surface area contributed by atoms with E-state index in [2.05, 4.69) is 55.4 Å². The molecule has 0 N–H and O–H groups in total. The van der Waals surface area contributed by atoms with E-state index in [0.29, 0.717) is 0 Å². The number of carbonyl (C=O) groups is 2. The third-order valence-electron chi connectivity index (χ3n) is 10.2. The van der Waals surface area contributed by atoms with E-state index < -0.39 is 17.9 Å². The zero-order valence-electron chi connectivity index (χ0n) is 34.6. The van der Waals surface area contributed by atoms with Crippen LogP contribution in [0.25, 0.3) is 0 Å². The van der Waals surface area contributed by atoms with Gasteiger partial charge in [0.1, 0.15) is 0 Å². The van der Waals surface area contributed by atoms with Gasteiger partial charge in [0, 0.05) is 17.9 Å². The van der Waals surface area contributed by atoms with E-state index in [9.17, 15) is 19.8 Å². The molecule has 1 aromatic carbocycles. The van der Waals surface area contributed by atoms with Gasteiger partial charge in [0.25, 0.3) is 0 Å². The van der Waals surface area contributed by atoms with Crippen LogP contribution in [0.2, 0.25) is 0 Å². The molecule has 0 radical (unpaired) electrons. The molecular formula is C44H84N2O4. The Labute approximate surface area is 311 Å². The predicted octanol–water partition coefficient (Wildman–Crippen LogP) is 9.13. The Morgan fingerprint density at radius 2 is 0.780 bits per heavy atom. The van der Waals surface area contributed by atoms with E-state index in [1.165, 1.54) is 164 Å². The Morgan fingerprint density at radius 3 is 1.00 bits per heavy atom. The van der Waals surface area contributed by atoms with Gasteiger partial charge in [-0.3, -0.25) is 0 Å². The van der Waals surface area contributed by atoms with Gasteiger partial charge in [0.05, 0.1) is 52.4 Å². The largest absolute Gasteiger partial charge is 0.550 e. The van der Waals surface area contributed by atoms with Gasteiger partial charge in [0.2, 0.25) is 0 Å². The Balaban J connectivity index is 0. The van der Waals surface area contributed by atoms with Crippen LogP contribution < -0.4 is 10.2 Å². The Morgan fingerprint density at radius 1 is 0.500 bits per heavy atom. The molecule has 1 rings (SSSR count). The van der Waals surface area contributed by atoms with Crippen LogP contribution in [0.1, 0.15) is 177 Å². The normalized spacial score (nSPS) is 12.0. The number of rotatable bonds is 30. The Bertz CT molecular complexity index is 780. The number of nitrogens with zero attached hydrogens (tertiary/aromatic N) is 2. The fourth-order valence-electron chi connectivity index (χ4n) is 6.78. The molecule has 1 atom stereocenters. The lowest BCUT2D eigenvalue weighted by molar-refractivity contribution is -0.929. The van der Waals surface area contributed by atoms with Gasteiger partial charge in [-0.25, -0.2) is 0 Å². The third-order valence-corrected chi connectivity index (χ3v) is 10.2. The van der Waals surface area contributed by atoms with Gasteiger partial charge in [-0.05, 0) is 76.2 Å². The van der Waals surface area contributed by atoms with Crippen molar-refractivity contribution in [2.45, 2.75) is 177 Å². The fourth-order valence-corrected chi connectivity index (χ4v) is 6.78. The van der Waals surface area contributed by atoms with Crippen molar-refractivity contribution in [3.8, 4) is 0 Å². The molecule has 0 aliphatic rings. The van der Waals surface area contributed by atoms with Gasteiger partial charge in [-0.1, -0.05) is 137 Å². The quantitative estimate of drug-likeness (QED) is 0.0749. The number of unbranched alkanes of at least 4 members (excludes halogenated alkanes) is 8. The first-order valence-electron chi connectivity index (χ1n) is 21.2. The molecular weight excluding hydrogens is 620 g/mol. The van der Waals surface area contributed by atoms with Crippen molar-refractivity contribution in [2.24, 2.45) is 5.92 Å². The topological polar surface area (TPSA) is 80.3 Å². The number of carboxylic acids is 2. The van der Waals surface area contributed by atoms with E-state index in [4.69, 9.17) is 0 Å². The number of hydrogen-bond acceptors (Lipinski definition) is 4. The molecule has 0 saturated carbocycles. The number of quaternary nitrogens is 2. The summed E-state index contributed by atoms with van der Waals surface area (Å²) in [5.74, 6) is -3.23. The average molecular weight is 705 g/mol. The second kappa shape index (κ2) is 34.2. The van der Waals surface area contributed by atoms with Gasteiger partial charge >= 0.3 is 0 Å². The minimum absolute atomic E-state index is 0.0412. The Hall–Kier alpha value is -1.92. The lowest BCUT2D eigenvalue weighted by atomic mass is 9.95. The summed E-state index contributed by atoms with van der Waals surface area (Å²) in [7, 11) is 0. The average Bonchev–Trinajstić information content (AvgIpc) is 3.13. The first-order chi connectivity index (χ1) is 24.1. The number of benzene rings is 1. The van der Waals surface area contributed by atoms with E-state index in [0.717, 1.165) is 5.56 Å². The highest BCUT2D eigenvalue weighted by atomic mass is 16.4. The van der Waals surface area contributed by atoms with Gasteiger partial charge < -0.3 is 28.8 Å². The minimum Gasteiger partial charge on any atom is -0.550 e. The van der Waals surface area contributed by atoms with Crippen LogP contribution in [0, 0.1) is 5.92 Å². The zero-order chi connectivity index (χ0) is 37.9. The monoisotopic (exact) mass is 705 g/mol. The van der Waals surface area contributed by atoms with Gasteiger partial charge in [0.15, 0.2) is 0 Å². The van der Waals surface area contributed by atoms with Crippen LogP contribution in [0.3, 0.4) is 0 Å². The number of aliphatic carboxylic acids is 2. The smallest absolute Gasteiger partial charge is 0.0786 e.